The van der Waals surface area contributed by atoms with E-state index in [0.717, 1.165) is 23.3 Å². The third-order valence-electron chi connectivity index (χ3n) is 5.28. The molecule has 0 bridgehead atoms. The Bertz CT molecular complexity index is 1330. The lowest BCUT2D eigenvalue weighted by molar-refractivity contribution is 0.305. The zero-order valence-electron chi connectivity index (χ0n) is 19.0. The fourth-order valence-corrected chi connectivity index (χ4v) is 4.44. The largest absolute Gasteiger partial charge is 0.494 e. The van der Waals surface area contributed by atoms with Crippen LogP contribution in [-0.2, 0) is 0 Å². The Morgan fingerprint density at radius 3 is 2.55 bits per heavy atom. The van der Waals surface area contributed by atoms with Crippen molar-refractivity contribution in [2.24, 2.45) is 0 Å². The number of benzene rings is 2. The van der Waals surface area contributed by atoms with Crippen molar-refractivity contribution in [2.45, 2.75) is 32.6 Å². The first kappa shape index (κ1) is 22.8. The van der Waals surface area contributed by atoms with Gasteiger partial charge in [0.1, 0.15) is 5.75 Å². The lowest BCUT2D eigenvalue weighted by atomic mass is 10.2. The second-order valence-corrected chi connectivity index (χ2v) is 8.57. The smallest absolute Gasteiger partial charge is 0.291 e. The van der Waals surface area contributed by atoms with Crippen molar-refractivity contribution in [1.29, 1.82) is 0 Å². The Hall–Kier alpha value is -3.39. The summed E-state index contributed by atoms with van der Waals surface area (Å²) in [6, 6.07) is 13.2. The Morgan fingerprint density at radius 2 is 1.85 bits per heavy atom. The van der Waals surface area contributed by atoms with E-state index in [0.29, 0.717) is 33.4 Å². The fourth-order valence-electron chi connectivity index (χ4n) is 3.54. The molecule has 172 valence electrons. The van der Waals surface area contributed by atoms with Gasteiger partial charge in [0.2, 0.25) is 4.96 Å². The second-order valence-electron chi connectivity index (χ2n) is 7.56. The van der Waals surface area contributed by atoms with Crippen LogP contribution < -0.4 is 24.3 Å². The third kappa shape index (κ3) is 5.01. The van der Waals surface area contributed by atoms with Crippen LogP contribution in [0.25, 0.3) is 22.4 Å². The number of para-hydroxylation sites is 1. The first-order chi connectivity index (χ1) is 16.1. The quantitative estimate of drug-likeness (QED) is 0.324. The van der Waals surface area contributed by atoms with Gasteiger partial charge >= 0.3 is 0 Å². The van der Waals surface area contributed by atoms with E-state index in [4.69, 9.17) is 14.2 Å². The van der Waals surface area contributed by atoms with Gasteiger partial charge in [0.05, 0.1) is 25.4 Å². The molecule has 2 aromatic heterocycles. The molecular weight excluding hydrogens is 438 g/mol. The van der Waals surface area contributed by atoms with E-state index in [9.17, 15) is 4.79 Å². The van der Waals surface area contributed by atoms with Gasteiger partial charge in [-0.05, 0) is 42.8 Å². The molecule has 0 spiro atoms. The molecule has 4 rings (SSSR count). The van der Waals surface area contributed by atoms with Gasteiger partial charge in [0, 0.05) is 11.1 Å². The summed E-state index contributed by atoms with van der Waals surface area (Å²) < 4.78 is 18.5. The van der Waals surface area contributed by atoms with Crippen LogP contribution >= 0.6 is 11.3 Å². The van der Waals surface area contributed by atoms with Gasteiger partial charge in [-0.15, -0.1) is 5.10 Å². The Kier molecular flexibility index (Phi) is 7.24. The average molecular weight is 466 g/mol. The SMILES string of the molecule is CCCCCCOc1ccc(-c2nc3s/c(=C/c4cccc(OC)c4OC)c(=O)n3n2)cc1. The van der Waals surface area contributed by atoms with Gasteiger partial charge in [-0.25, -0.2) is 0 Å². The van der Waals surface area contributed by atoms with Crippen molar-refractivity contribution in [3.8, 4) is 28.6 Å². The molecule has 8 heteroatoms. The molecule has 0 saturated carbocycles. The summed E-state index contributed by atoms with van der Waals surface area (Å²) in [5.41, 5.74) is 1.37. The molecule has 0 N–H and O–H groups in total. The van der Waals surface area contributed by atoms with Crippen molar-refractivity contribution >= 4 is 22.4 Å². The van der Waals surface area contributed by atoms with E-state index in [1.165, 1.54) is 35.1 Å². The summed E-state index contributed by atoms with van der Waals surface area (Å²) >= 11 is 1.29. The number of unbranched alkanes of at least 4 members (excludes halogenated alkanes) is 3. The average Bonchev–Trinajstić information content (AvgIpc) is 3.38. The molecule has 0 radical (unpaired) electrons. The van der Waals surface area contributed by atoms with Crippen LogP contribution in [0.4, 0.5) is 0 Å². The fraction of sp³-hybridized carbons (Fsp3) is 0.320. The first-order valence-electron chi connectivity index (χ1n) is 11.0. The predicted octanol–water partition coefficient (Wildman–Crippen LogP) is 4.34. The van der Waals surface area contributed by atoms with E-state index < -0.39 is 0 Å². The van der Waals surface area contributed by atoms with Crippen molar-refractivity contribution in [1.82, 2.24) is 14.6 Å². The number of fused-ring (bicyclic) bond motifs is 1. The van der Waals surface area contributed by atoms with Crippen LogP contribution in [0.15, 0.2) is 47.3 Å². The molecule has 0 aliphatic rings. The standard InChI is InChI=1S/C25H27N3O4S/c1-4-5-6-7-15-32-19-13-11-17(12-14-19)23-26-25-28(27-23)24(29)21(33-25)16-18-9-8-10-20(30-2)22(18)31-3/h8-14,16H,4-7,15H2,1-3H3/b21-16+. The molecule has 0 aliphatic heterocycles. The van der Waals surface area contributed by atoms with Crippen LogP contribution in [0.2, 0.25) is 0 Å². The van der Waals surface area contributed by atoms with Gasteiger partial charge in [-0.2, -0.15) is 9.50 Å². The highest BCUT2D eigenvalue weighted by Gasteiger charge is 2.14. The van der Waals surface area contributed by atoms with Crippen LogP contribution in [0.3, 0.4) is 0 Å². The molecule has 0 saturated heterocycles. The highest BCUT2D eigenvalue weighted by atomic mass is 32.1. The highest BCUT2D eigenvalue weighted by Crippen LogP contribution is 2.31. The van der Waals surface area contributed by atoms with E-state index in [-0.39, 0.29) is 5.56 Å². The maximum absolute atomic E-state index is 12.9. The van der Waals surface area contributed by atoms with Gasteiger partial charge in [-0.1, -0.05) is 49.7 Å². The molecule has 0 fully saturated rings. The maximum atomic E-state index is 12.9. The molecule has 0 atom stereocenters. The van der Waals surface area contributed by atoms with Gasteiger partial charge in [-0.3, -0.25) is 4.79 Å². The highest BCUT2D eigenvalue weighted by molar-refractivity contribution is 7.15. The Balaban J connectivity index is 1.55. The van der Waals surface area contributed by atoms with Gasteiger partial charge < -0.3 is 14.2 Å². The molecule has 2 aromatic carbocycles. The van der Waals surface area contributed by atoms with Gasteiger partial charge in [0.15, 0.2) is 17.3 Å². The second kappa shape index (κ2) is 10.5. The van der Waals surface area contributed by atoms with E-state index >= 15 is 0 Å². The van der Waals surface area contributed by atoms with Gasteiger partial charge in [0.25, 0.3) is 5.56 Å². The molecule has 4 aromatic rings. The number of aromatic nitrogens is 3. The zero-order valence-corrected chi connectivity index (χ0v) is 19.9. The van der Waals surface area contributed by atoms with Crippen molar-refractivity contribution < 1.29 is 14.2 Å². The van der Waals surface area contributed by atoms with E-state index in [1.54, 1.807) is 20.3 Å². The summed E-state index contributed by atoms with van der Waals surface area (Å²) in [7, 11) is 3.16. The third-order valence-corrected chi connectivity index (χ3v) is 6.24. The molecule has 0 amide bonds. The predicted molar refractivity (Wildman–Crippen MR) is 131 cm³/mol. The number of hydrogen-bond acceptors (Lipinski definition) is 7. The zero-order chi connectivity index (χ0) is 23.2. The summed E-state index contributed by atoms with van der Waals surface area (Å²) in [6.07, 6.45) is 6.47. The Morgan fingerprint density at radius 1 is 1.03 bits per heavy atom. The molecule has 2 heterocycles. The maximum Gasteiger partial charge on any atom is 0.291 e. The summed E-state index contributed by atoms with van der Waals surface area (Å²) in [5, 5.41) is 4.43. The minimum absolute atomic E-state index is 0.217. The normalized spacial score (nSPS) is 11.8. The van der Waals surface area contributed by atoms with Crippen LogP contribution in [0, 0.1) is 0 Å². The van der Waals surface area contributed by atoms with Crippen LogP contribution in [-0.4, -0.2) is 35.4 Å². The lowest BCUT2D eigenvalue weighted by Crippen LogP contribution is -2.23. The number of ether oxygens (including phenoxy) is 3. The van der Waals surface area contributed by atoms with Crippen LogP contribution in [0.1, 0.15) is 38.2 Å². The number of rotatable bonds is 10. The van der Waals surface area contributed by atoms with E-state index in [2.05, 4.69) is 17.0 Å². The number of thiazole rings is 1. The molecular formula is C25H27N3O4S. The molecule has 7 nitrogen and oxygen atoms in total. The number of methoxy groups -OCH3 is 2. The molecule has 0 unspecified atom stereocenters. The lowest BCUT2D eigenvalue weighted by Gasteiger charge is -2.09. The topological polar surface area (TPSA) is 75.0 Å². The summed E-state index contributed by atoms with van der Waals surface area (Å²) in [6.45, 7) is 2.91. The summed E-state index contributed by atoms with van der Waals surface area (Å²) in [4.78, 5) is 18.0. The van der Waals surface area contributed by atoms with Crippen molar-refractivity contribution in [3.63, 3.8) is 0 Å². The summed E-state index contributed by atoms with van der Waals surface area (Å²) in [5.74, 6) is 2.52. The first-order valence-corrected chi connectivity index (χ1v) is 11.8. The minimum atomic E-state index is -0.217. The molecule has 33 heavy (non-hydrogen) atoms. The van der Waals surface area contributed by atoms with Crippen molar-refractivity contribution in [2.75, 3.05) is 20.8 Å². The Labute approximate surface area is 196 Å². The number of nitrogens with zero attached hydrogens (tertiary/aromatic N) is 3. The van der Waals surface area contributed by atoms with E-state index in [1.807, 2.05) is 42.5 Å². The monoisotopic (exact) mass is 465 g/mol. The van der Waals surface area contributed by atoms with Crippen LogP contribution in [0.5, 0.6) is 17.2 Å². The minimum Gasteiger partial charge on any atom is -0.494 e. The number of hydrogen-bond donors (Lipinski definition) is 0. The molecule has 0 aliphatic carbocycles. The van der Waals surface area contributed by atoms with Crippen molar-refractivity contribution in [3.05, 3.63) is 62.9 Å².